The van der Waals surface area contributed by atoms with Gasteiger partial charge in [0.1, 0.15) is 0 Å². The predicted octanol–water partition coefficient (Wildman–Crippen LogP) is 7.58. The number of thiazole rings is 1. The largest absolute Gasteiger partial charge is 0.353 e. The van der Waals surface area contributed by atoms with Crippen molar-refractivity contribution in [3.05, 3.63) is 96.1 Å². The number of hydrogen-bond acceptors (Lipinski definition) is 4. The van der Waals surface area contributed by atoms with Crippen LogP contribution in [0.5, 0.6) is 0 Å². The van der Waals surface area contributed by atoms with E-state index in [1.54, 1.807) is 0 Å². The maximum absolute atomic E-state index is 13.5. The highest BCUT2D eigenvalue weighted by molar-refractivity contribution is 7.22. The Labute approximate surface area is 240 Å². The predicted molar refractivity (Wildman–Crippen MR) is 164 cm³/mol. The van der Waals surface area contributed by atoms with E-state index in [2.05, 4.69) is 64.1 Å². The second-order valence-electron chi connectivity index (χ2n) is 10.6. The molecule has 208 valence electrons. The van der Waals surface area contributed by atoms with Gasteiger partial charge in [-0.2, -0.15) is 0 Å². The molecule has 1 aliphatic carbocycles. The number of nitrogens with one attached hydrogen (secondary N) is 2. The van der Waals surface area contributed by atoms with Gasteiger partial charge < -0.3 is 10.2 Å². The molecule has 40 heavy (non-hydrogen) atoms. The molecule has 1 fully saturated rings. The first-order valence-corrected chi connectivity index (χ1v) is 15.3. The molecule has 0 atom stereocenters. The summed E-state index contributed by atoms with van der Waals surface area (Å²) in [6.45, 7) is 1.07. The second kappa shape index (κ2) is 14.1. The Hall–Kier alpha value is -3.71. The number of amides is 3. The summed E-state index contributed by atoms with van der Waals surface area (Å²) in [6, 6.07) is 28.9. The third kappa shape index (κ3) is 7.69. The zero-order chi connectivity index (χ0) is 27.6. The lowest BCUT2D eigenvalue weighted by atomic mass is 9.88. The fraction of sp³-hybridized carbons (Fsp3) is 0.364. The van der Waals surface area contributed by atoms with Crippen LogP contribution < -0.4 is 10.6 Å². The van der Waals surface area contributed by atoms with Crippen LogP contribution in [0.1, 0.15) is 68.4 Å². The lowest BCUT2D eigenvalue weighted by Crippen LogP contribution is -2.39. The van der Waals surface area contributed by atoms with Crippen LogP contribution in [0.2, 0.25) is 0 Å². The van der Waals surface area contributed by atoms with Crippen LogP contribution in [0.15, 0.2) is 84.9 Å². The molecule has 1 aromatic heterocycles. The van der Waals surface area contributed by atoms with Crippen LogP contribution in [0.4, 0.5) is 9.93 Å². The summed E-state index contributed by atoms with van der Waals surface area (Å²) in [5.41, 5.74) is 3.33. The van der Waals surface area contributed by atoms with E-state index < -0.39 is 0 Å². The number of fused-ring (bicyclic) bond motifs is 1. The van der Waals surface area contributed by atoms with Crippen molar-refractivity contribution < 1.29 is 9.59 Å². The lowest BCUT2D eigenvalue weighted by molar-refractivity contribution is -0.122. The van der Waals surface area contributed by atoms with E-state index in [-0.39, 0.29) is 17.9 Å². The molecular formula is C33H38N4O2S. The maximum Gasteiger partial charge on any atom is 0.323 e. The van der Waals surface area contributed by atoms with E-state index in [4.69, 9.17) is 0 Å². The van der Waals surface area contributed by atoms with E-state index in [0.29, 0.717) is 37.1 Å². The molecule has 0 spiro atoms. The Morgan fingerprint density at radius 3 is 2.17 bits per heavy atom. The molecule has 1 heterocycles. The maximum atomic E-state index is 13.5. The normalized spacial score (nSPS) is 13.8. The number of carbonyl (C=O) groups excluding carboxylic acids is 2. The molecule has 5 rings (SSSR count). The Balaban J connectivity index is 1.26. The zero-order valence-electron chi connectivity index (χ0n) is 22.9. The molecule has 0 unspecified atom stereocenters. The summed E-state index contributed by atoms with van der Waals surface area (Å²) in [6.07, 6.45) is 7.60. The van der Waals surface area contributed by atoms with E-state index >= 15 is 0 Å². The molecule has 0 radical (unpaired) electrons. The summed E-state index contributed by atoms with van der Waals surface area (Å²) < 4.78 is 1.04. The van der Waals surface area contributed by atoms with Crippen molar-refractivity contribution in [3.8, 4) is 0 Å². The Morgan fingerprint density at radius 1 is 0.850 bits per heavy atom. The van der Waals surface area contributed by atoms with E-state index in [1.807, 2.05) is 41.3 Å². The first-order chi connectivity index (χ1) is 19.7. The van der Waals surface area contributed by atoms with E-state index in [0.717, 1.165) is 29.5 Å². The van der Waals surface area contributed by atoms with Gasteiger partial charge in [-0.15, -0.1) is 0 Å². The van der Waals surface area contributed by atoms with Crippen molar-refractivity contribution in [1.29, 1.82) is 0 Å². The molecular weight excluding hydrogens is 516 g/mol. The van der Waals surface area contributed by atoms with Crippen LogP contribution in [-0.4, -0.2) is 41.0 Å². The lowest BCUT2D eigenvalue weighted by Gasteiger charge is -2.26. The Kier molecular flexibility index (Phi) is 9.80. The average molecular weight is 555 g/mol. The minimum Gasteiger partial charge on any atom is -0.353 e. The number of carbonyl (C=O) groups is 2. The van der Waals surface area contributed by atoms with Gasteiger partial charge in [0.15, 0.2) is 5.13 Å². The summed E-state index contributed by atoms with van der Waals surface area (Å²) >= 11 is 1.48. The van der Waals surface area contributed by atoms with Crippen LogP contribution in [0, 0.1) is 0 Å². The highest BCUT2D eigenvalue weighted by Gasteiger charge is 2.21. The number of benzene rings is 3. The number of aromatic nitrogens is 1. The average Bonchev–Trinajstić information content (AvgIpc) is 3.40. The molecule has 6 nitrogen and oxygen atoms in total. The summed E-state index contributed by atoms with van der Waals surface area (Å²) in [4.78, 5) is 32.6. The first kappa shape index (κ1) is 27.8. The summed E-state index contributed by atoms with van der Waals surface area (Å²) in [7, 11) is 0. The van der Waals surface area contributed by atoms with E-state index in [9.17, 15) is 9.59 Å². The third-order valence-electron chi connectivity index (χ3n) is 7.69. The minimum absolute atomic E-state index is 0.0879. The first-order valence-electron chi connectivity index (χ1n) is 14.5. The van der Waals surface area contributed by atoms with Gasteiger partial charge >= 0.3 is 6.03 Å². The molecule has 3 aromatic carbocycles. The molecule has 2 N–H and O–H groups in total. The fourth-order valence-corrected chi connectivity index (χ4v) is 6.43. The van der Waals surface area contributed by atoms with Gasteiger partial charge in [-0.25, -0.2) is 9.78 Å². The minimum atomic E-state index is -0.174. The van der Waals surface area contributed by atoms with Gasteiger partial charge in [0.2, 0.25) is 5.91 Å². The number of para-hydroxylation sites is 1. The van der Waals surface area contributed by atoms with Crippen LogP contribution in [0.25, 0.3) is 10.2 Å². The number of nitrogens with zero attached hydrogens (tertiary/aromatic N) is 2. The molecule has 4 aromatic rings. The molecule has 0 saturated heterocycles. The molecule has 1 saturated carbocycles. The highest BCUT2D eigenvalue weighted by atomic mass is 32.1. The smallest absolute Gasteiger partial charge is 0.323 e. The Morgan fingerprint density at radius 2 is 1.50 bits per heavy atom. The highest BCUT2D eigenvalue weighted by Crippen LogP contribution is 2.29. The second-order valence-corrected chi connectivity index (χ2v) is 11.6. The van der Waals surface area contributed by atoms with Gasteiger partial charge in [-0.1, -0.05) is 103 Å². The van der Waals surface area contributed by atoms with Gasteiger partial charge in [-0.3, -0.25) is 10.1 Å². The fourth-order valence-electron chi connectivity index (χ4n) is 5.57. The van der Waals surface area contributed by atoms with Crippen LogP contribution in [-0.2, 0) is 4.79 Å². The van der Waals surface area contributed by atoms with Crippen molar-refractivity contribution in [1.82, 2.24) is 15.2 Å². The van der Waals surface area contributed by atoms with E-state index in [1.165, 1.54) is 41.7 Å². The summed E-state index contributed by atoms with van der Waals surface area (Å²) in [5, 5.41) is 6.83. The van der Waals surface area contributed by atoms with Crippen molar-refractivity contribution in [2.75, 3.05) is 18.4 Å². The SMILES string of the molecule is O=C(CCCN(CCC(c1ccccc1)c1ccccc1)C(=O)Nc1nc2ccccc2s1)NC1CCCCC1. The molecule has 0 aliphatic heterocycles. The molecule has 0 bridgehead atoms. The number of urea groups is 1. The van der Waals surface area contributed by atoms with Crippen molar-refractivity contribution in [2.24, 2.45) is 0 Å². The van der Waals surface area contributed by atoms with Gasteiger partial charge in [0.25, 0.3) is 0 Å². The third-order valence-corrected chi connectivity index (χ3v) is 8.64. The van der Waals surface area contributed by atoms with Crippen LogP contribution in [0.3, 0.4) is 0 Å². The molecule has 1 aliphatic rings. The number of hydrogen-bond donors (Lipinski definition) is 2. The van der Waals surface area contributed by atoms with Gasteiger partial charge in [0.05, 0.1) is 10.2 Å². The molecule has 3 amide bonds. The number of anilines is 1. The van der Waals surface area contributed by atoms with Crippen molar-refractivity contribution in [2.45, 2.75) is 63.3 Å². The van der Waals surface area contributed by atoms with Crippen LogP contribution >= 0.6 is 11.3 Å². The topological polar surface area (TPSA) is 74.3 Å². The van der Waals surface area contributed by atoms with Crippen molar-refractivity contribution in [3.63, 3.8) is 0 Å². The van der Waals surface area contributed by atoms with Crippen molar-refractivity contribution >= 4 is 38.6 Å². The zero-order valence-corrected chi connectivity index (χ0v) is 23.7. The number of rotatable bonds is 11. The quantitative estimate of drug-likeness (QED) is 0.201. The Bertz CT molecular complexity index is 1300. The monoisotopic (exact) mass is 554 g/mol. The summed E-state index contributed by atoms with van der Waals surface area (Å²) in [5.74, 6) is 0.250. The standard InChI is InChI=1S/C33H38N4O2S/c38-31(34-27-17-8-3-9-18-27)21-12-23-37(33(39)36-32-35-29-19-10-11-20-30(29)40-32)24-22-28(25-13-4-1-5-14-25)26-15-6-2-7-16-26/h1-2,4-7,10-11,13-16,19-20,27-28H,3,8-9,12,17-18,21-24H2,(H,34,38)(H,35,36,39). The molecule has 7 heteroatoms. The van der Waals surface area contributed by atoms with Gasteiger partial charge in [0, 0.05) is 31.5 Å². The van der Waals surface area contributed by atoms with Gasteiger partial charge in [-0.05, 0) is 48.9 Å².